The lowest BCUT2D eigenvalue weighted by atomic mass is 10.1. The smallest absolute Gasteiger partial charge is 0.257 e. The van der Waals surface area contributed by atoms with Crippen molar-refractivity contribution in [3.8, 4) is 0 Å². The quantitative estimate of drug-likeness (QED) is 0.591. The minimum Gasteiger partial charge on any atom is -0.324 e. The van der Waals surface area contributed by atoms with E-state index in [0.29, 0.717) is 5.56 Å². The molecule has 146 valence electrons. The molecule has 28 heavy (non-hydrogen) atoms. The van der Waals surface area contributed by atoms with Crippen molar-refractivity contribution in [2.45, 2.75) is 32.1 Å². The maximum absolute atomic E-state index is 12.6. The zero-order valence-corrected chi connectivity index (χ0v) is 16.3. The second kappa shape index (κ2) is 9.02. The topological polar surface area (TPSA) is 48.5 Å². The summed E-state index contributed by atoms with van der Waals surface area (Å²) < 4.78 is 0. The molecular formula is C23H28N4O. The van der Waals surface area contributed by atoms with Crippen LogP contribution < -0.4 is 10.2 Å². The van der Waals surface area contributed by atoms with Gasteiger partial charge >= 0.3 is 0 Å². The van der Waals surface area contributed by atoms with E-state index in [9.17, 15) is 4.79 Å². The number of pyridine rings is 1. The van der Waals surface area contributed by atoms with Crippen LogP contribution in [0.15, 0.2) is 54.7 Å². The molecule has 0 unspecified atom stereocenters. The van der Waals surface area contributed by atoms with Crippen LogP contribution in [0.2, 0.25) is 0 Å². The molecular weight excluding hydrogens is 348 g/mol. The van der Waals surface area contributed by atoms with E-state index in [-0.39, 0.29) is 5.91 Å². The van der Waals surface area contributed by atoms with Crippen LogP contribution in [0, 0.1) is 0 Å². The van der Waals surface area contributed by atoms with Crippen molar-refractivity contribution >= 4 is 23.1 Å². The number of allylic oxidation sites excluding steroid dienone is 1. The number of piperidine rings is 1. The van der Waals surface area contributed by atoms with E-state index in [4.69, 9.17) is 0 Å². The van der Waals surface area contributed by atoms with Crippen molar-refractivity contribution in [3.63, 3.8) is 0 Å². The largest absolute Gasteiger partial charge is 0.324 e. The first-order chi connectivity index (χ1) is 13.8. The monoisotopic (exact) mass is 376 g/mol. The highest BCUT2D eigenvalue weighted by molar-refractivity contribution is 6.11. The summed E-state index contributed by atoms with van der Waals surface area (Å²) in [6.45, 7) is 4.36. The third-order valence-electron chi connectivity index (χ3n) is 5.46. The Hall–Kier alpha value is -2.66. The zero-order valence-electron chi connectivity index (χ0n) is 16.3. The van der Waals surface area contributed by atoms with Gasteiger partial charge < -0.3 is 10.2 Å². The molecule has 1 fully saturated rings. The third kappa shape index (κ3) is 4.25. The van der Waals surface area contributed by atoms with Crippen molar-refractivity contribution < 1.29 is 4.79 Å². The molecule has 1 saturated heterocycles. The molecule has 3 heterocycles. The SMILES string of the molecule is O=C1Nc2cccnc2N(CCC/C=C/CN2CCCCC2)c2ccccc21. The second-order valence-corrected chi connectivity index (χ2v) is 7.47. The summed E-state index contributed by atoms with van der Waals surface area (Å²) in [4.78, 5) is 21.9. The summed E-state index contributed by atoms with van der Waals surface area (Å²) in [5.74, 6) is 0.742. The Morgan fingerprint density at radius 1 is 1.04 bits per heavy atom. The summed E-state index contributed by atoms with van der Waals surface area (Å²) in [7, 11) is 0. The van der Waals surface area contributed by atoms with E-state index < -0.39 is 0 Å². The van der Waals surface area contributed by atoms with Gasteiger partial charge in [0.15, 0.2) is 5.82 Å². The number of aromatic nitrogens is 1. The van der Waals surface area contributed by atoms with Crippen LogP contribution in [0.4, 0.5) is 17.2 Å². The summed E-state index contributed by atoms with van der Waals surface area (Å²) >= 11 is 0. The number of nitrogens with one attached hydrogen (secondary N) is 1. The molecule has 1 amide bonds. The van der Waals surface area contributed by atoms with E-state index in [1.807, 2.05) is 36.4 Å². The molecule has 0 aliphatic carbocycles. The lowest BCUT2D eigenvalue weighted by molar-refractivity contribution is 0.102. The van der Waals surface area contributed by atoms with Crippen LogP contribution in [-0.2, 0) is 0 Å². The first-order valence-electron chi connectivity index (χ1n) is 10.3. The normalized spacial score (nSPS) is 17.1. The summed E-state index contributed by atoms with van der Waals surface area (Å²) in [5.41, 5.74) is 2.39. The molecule has 1 aromatic carbocycles. The Morgan fingerprint density at radius 2 is 1.89 bits per heavy atom. The highest BCUT2D eigenvalue weighted by Gasteiger charge is 2.25. The maximum Gasteiger partial charge on any atom is 0.257 e. The molecule has 5 heteroatoms. The number of hydrogen-bond acceptors (Lipinski definition) is 4. The first-order valence-corrected chi connectivity index (χ1v) is 10.3. The molecule has 0 radical (unpaired) electrons. The number of amides is 1. The molecule has 5 nitrogen and oxygen atoms in total. The molecule has 0 bridgehead atoms. The predicted molar refractivity (Wildman–Crippen MR) is 114 cm³/mol. The fourth-order valence-electron chi connectivity index (χ4n) is 3.99. The van der Waals surface area contributed by atoms with Crippen LogP contribution >= 0.6 is 0 Å². The number of hydrogen-bond donors (Lipinski definition) is 1. The molecule has 2 aliphatic rings. The average Bonchev–Trinajstić information content (AvgIpc) is 2.86. The van der Waals surface area contributed by atoms with Gasteiger partial charge in [0.1, 0.15) is 0 Å². The number of carbonyl (C=O) groups excluding carboxylic acids is 1. The van der Waals surface area contributed by atoms with Gasteiger partial charge in [0, 0.05) is 19.3 Å². The molecule has 0 spiro atoms. The van der Waals surface area contributed by atoms with Gasteiger partial charge in [-0.15, -0.1) is 0 Å². The van der Waals surface area contributed by atoms with E-state index in [1.165, 1.54) is 32.4 Å². The highest BCUT2D eigenvalue weighted by Crippen LogP contribution is 2.36. The van der Waals surface area contributed by atoms with Gasteiger partial charge in [0.2, 0.25) is 0 Å². The summed E-state index contributed by atoms with van der Waals surface area (Å²) in [6.07, 6.45) is 12.5. The fraction of sp³-hybridized carbons (Fsp3) is 0.391. The number of benzene rings is 1. The summed E-state index contributed by atoms with van der Waals surface area (Å²) in [6, 6.07) is 11.5. The number of fused-ring (bicyclic) bond motifs is 2. The Morgan fingerprint density at radius 3 is 2.79 bits per heavy atom. The number of nitrogens with zero attached hydrogens (tertiary/aromatic N) is 3. The molecule has 1 aromatic heterocycles. The molecule has 0 saturated carbocycles. The Kier molecular flexibility index (Phi) is 6.02. The van der Waals surface area contributed by atoms with Gasteiger partial charge in [-0.1, -0.05) is 30.7 Å². The van der Waals surface area contributed by atoms with Gasteiger partial charge in [-0.25, -0.2) is 4.98 Å². The Balaban J connectivity index is 1.42. The van der Waals surface area contributed by atoms with E-state index in [2.05, 4.69) is 32.3 Å². The van der Waals surface area contributed by atoms with Crippen molar-refractivity contribution in [1.29, 1.82) is 0 Å². The van der Waals surface area contributed by atoms with Crippen molar-refractivity contribution in [3.05, 3.63) is 60.3 Å². The molecule has 2 aromatic rings. The Labute approximate surface area is 167 Å². The van der Waals surface area contributed by atoms with Gasteiger partial charge in [-0.3, -0.25) is 9.69 Å². The van der Waals surface area contributed by atoms with Crippen molar-refractivity contribution in [2.75, 3.05) is 36.4 Å². The van der Waals surface area contributed by atoms with Crippen LogP contribution in [0.3, 0.4) is 0 Å². The van der Waals surface area contributed by atoms with E-state index in [0.717, 1.165) is 43.1 Å². The maximum atomic E-state index is 12.6. The fourth-order valence-corrected chi connectivity index (χ4v) is 3.99. The van der Waals surface area contributed by atoms with Crippen LogP contribution in [0.1, 0.15) is 42.5 Å². The second-order valence-electron chi connectivity index (χ2n) is 7.47. The molecule has 1 N–H and O–H groups in total. The lowest BCUT2D eigenvalue weighted by Gasteiger charge is -2.25. The van der Waals surface area contributed by atoms with Gasteiger partial charge in [0.05, 0.1) is 16.9 Å². The third-order valence-corrected chi connectivity index (χ3v) is 5.46. The molecule has 2 aliphatic heterocycles. The summed E-state index contributed by atoms with van der Waals surface area (Å²) in [5, 5.41) is 2.99. The van der Waals surface area contributed by atoms with Crippen LogP contribution in [-0.4, -0.2) is 42.0 Å². The Bertz CT molecular complexity index is 842. The highest BCUT2D eigenvalue weighted by atomic mass is 16.1. The van der Waals surface area contributed by atoms with Crippen LogP contribution in [0.25, 0.3) is 0 Å². The number of para-hydroxylation sites is 1. The van der Waals surface area contributed by atoms with Gasteiger partial charge in [-0.2, -0.15) is 0 Å². The number of anilines is 3. The lowest BCUT2D eigenvalue weighted by Crippen LogP contribution is -2.29. The van der Waals surface area contributed by atoms with Gasteiger partial charge in [0.25, 0.3) is 5.91 Å². The number of likely N-dealkylation sites (tertiary alicyclic amines) is 1. The van der Waals surface area contributed by atoms with Gasteiger partial charge in [-0.05, 0) is 63.0 Å². The minimum absolute atomic E-state index is 0.0752. The first kappa shape index (κ1) is 18.7. The zero-order chi connectivity index (χ0) is 19.2. The average molecular weight is 377 g/mol. The number of rotatable bonds is 6. The minimum atomic E-state index is -0.0752. The molecule has 0 atom stereocenters. The number of unbranched alkanes of at least 4 members (excludes halogenated alkanes) is 1. The van der Waals surface area contributed by atoms with Crippen LogP contribution in [0.5, 0.6) is 0 Å². The van der Waals surface area contributed by atoms with Crippen molar-refractivity contribution in [1.82, 2.24) is 9.88 Å². The van der Waals surface area contributed by atoms with E-state index in [1.54, 1.807) is 6.20 Å². The molecule has 4 rings (SSSR count). The standard InChI is InChI=1S/C23H28N4O/c28-23-19-11-4-5-13-21(19)27(22-20(25-23)12-10-14-24-22)18-9-2-1-6-15-26-16-7-3-8-17-26/h1,4-6,10-14H,2-3,7-9,15-18H2,(H,25,28)/b6-1+. The van der Waals surface area contributed by atoms with E-state index >= 15 is 0 Å². The predicted octanol–water partition coefficient (Wildman–Crippen LogP) is 4.61. The van der Waals surface area contributed by atoms with Crippen molar-refractivity contribution in [2.24, 2.45) is 0 Å². The number of carbonyl (C=O) groups is 1.